The fraction of sp³-hybridized carbons (Fsp3) is 0.875. The fourth-order valence-electron chi connectivity index (χ4n) is 3.44. The molecule has 1 atom stereocenters. The maximum absolute atomic E-state index is 3.82. The molecule has 1 aliphatic heterocycles. The Morgan fingerprint density at radius 1 is 1.21 bits per heavy atom. The molecule has 2 nitrogen and oxygen atoms in total. The maximum atomic E-state index is 3.82. The van der Waals surface area contributed by atoms with E-state index in [0.717, 1.165) is 17.7 Å². The third kappa shape index (κ3) is 5.49. The molecule has 0 spiro atoms. The van der Waals surface area contributed by atoms with E-state index in [-0.39, 0.29) is 0 Å². The second-order valence-corrected chi connectivity index (χ2v) is 7.13. The van der Waals surface area contributed by atoms with Crippen molar-refractivity contribution in [2.45, 2.75) is 44.6 Å². The van der Waals surface area contributed by atoms with E-state index in [1.807, 2.05) is 17.8 Å². The molecule has 0 radical (unpaired) electrons. The van der Waals surface area contributed by atoms with Crippen LogP contribution in [0.4, 0.5) is 0 Å². The summed E-state index contributed by atoms with van der Waals surface area (Å²) in [5.41, 5.74) is 0. The third-order valence-electron chi connectivity index (χ3n) is 4.52. The number of hydrogen-bond acceptors (Lipinski definition) is 3. The summed E-state index contributed by atoms with van der Waals surface area (Å²) in [4.78, 5) is 2.69. The minimum atomic E-state index is 0.757. The Labute approximate surface area is 123 Å². The highest BCUT2D eigenvalue weighted by atomic mass is 32.2. The first-order valence-corrected chi connectivity index (χ1v) is 9.20. The minimum Gasteiger partial charge on any atom is -0.312 e. The molecular weight excluding hydrogens is 252 g/mol. The van der Waals surface area contributed by atoms with E-state index in [1.54, 1.807) is 0 Å². The molecule has 0 bridgehead atoms. The highest BCUT2D eigenvalue weighted by molar-refractivity contribution is 7.99. The lowest BCUT2D eigenvalue weighted by Crippen LogP contribution is -2.44. The van der Waals surface area contributed by atoms with Crippen LogP contribution >= 0.6 is 11.8 Å². The molecule has 0 aromatic carbocycles. The van der Waals surface area contributed by atoms with Gasteiger partial charge in [-0.1, -0.05) is 25.3 Å². The van der Waals surface area contributed by atoms with Crippen LogP contribution < -0.4 is 5.32 Å². The Kier molecular flexibility index (Phi) is 7.33. The van der Waals surface area contributed by atoms with Gasteiger partial charge in [-0.25, -0.2) is 0 Å². The van der Waals surface area contributed by atoms with Crippen LogP contribution in [-0.2, 0) is 0 Å². The molecule has 3 heteroatoms. The molecule has 110 valence electrons. The molecule has 2 aliphatic rings. The Balaban J connectivity index is 1.75. The lowest BCUT2D eigenvalue weighted by molar-refractivity contribution is 0.213. The third-order valence-corrected chi connectivity index (χ3v) is 5.46. The van der Waals surface area contributed by atoms with E-state index in [1.165, 1.54) is 70.5 Å². The van der Waals surface area contributed by atoms with Crippen molar-refractivity contribution in [1.82, 2.24) is 10.2 Å². The molecule has 1 unspecified atom stereocenters. The molecule has 19 heavy (non-hydrogen) atoms. The summed E-state index contributed by atoms with van der Waals surface area (Å²) in [5.74, 6) is 3.29. The van der Waals surface area contributed by atoms with Gasteiger partial charge in [-0.05, 0) is 38.3 Å². The average Bonchev–Trinajstić information content (AvgIpc) is 2.70. The molecule has 2 fully saturated rings. The van der Waals surface area contributed by atoms with Crippen molar-refractivity contribution in [2.24, 2.45) is 5.92 Å². The van der Waals surface area contributed by atoms with Crippen LogP contribution in [0.1, 0.15) is 38.5 Å². The van der Waals surface area contributed by atoms with Crippen LogP contribution in [0, 0.1) is 5.92 Å². The molecule has 2 rings (SSSR count). The van der Waals surface area contributed by atoms with Crippen molar-refractivity contribution >= 4 is 11.8 Å². The van der Waals surface area contributed by atoms with Gasteiger partial charge in [-0.2, -0.15) is 11.8 Å². The second-order valence-electron chi connectivity index (χ2n) is 5.98. The summed E-state index contributed by atoms with van der Waals surface area (Å²) in [6.45, 7) is 8.82. The van der Waals surface area contributed by atoms with Gasteiger partial charge in [-0.3, -0.25) is 0 Å². The smallest absolute Gasteiger partial charge is 0.0223 e. The summed E-state index contributed by atoms with van der Waals surface area (Å²) < 4.78 is 0. The normalized spacial score (nSPS) is 27.1. The van der Waals surface area contributed by atoms with Gasteiger partial charge < -0.3 is 10.2 Å². The first-order chi connectivity index (χ1) is 9.40. The van der Waals surface area contributed by atoms with E-state index < -0.39 is 0 Å². The zero-order valence-electron chi connectivity index (χ0n) is 12.3. The summed E-state index contributed by atoms with van der Waals surface area (Å²) in [7, 11) is 0. The maximum Gasteiger partial charge on any atom is 0.0223 e. The zero-order chi connectivity index (χ0) is 13.3. The standard InChI is InChI=1S/C16H30N2S/c1-2-12-19-13-11-18-10-6-9-17-16(14-18)15-7-4-3-5-8-15/h2,15-17H,1,3-14H2. The molecule has 1 aliphatic carbocycles. The second kappa shape index (κ2) is 9.04. The highest BCUT2D eigenvalue weighted by Gasteiger charge is 2.26. The minimum absolute atomic E-state index is 0.757. The van der Waals surface area contributed by atoms with Gasteiger partial charge in [0.1, 0.15) is 0 Å². The van der Waals surface area contributed by atoms with Crippen LogP contribution in [0.2, 0.25) is 0 Å². The largest absolute Gasteiger partial charge is 0.312 e. The average molecular weight is 282 g/mol. The van der Waals surface area contributed by atoms with E-state index >= 15 is 0 Å². The lowest BCUT2D eigenvalue weighted by atomic mass is 9.83. The Morgan fingerprint density at radius 2 is 2.05 bits per heavy atom. The predicted molar refractivity (Wildman–Crippen MR) is 86.9 cm³/mol. The van der Waals surface area contributed by atoms with E-state index in [0.29, 0.717) is 0 Å². The number of thioether (sulfide) groups is 1. The number of nitrogens with one attached hydrogen (secondary N) is 1. The molecule has 1 saturated carbocycles. The van der Waals surface area contributed by atoms with Crippen molar-refractivity contribution in [3.63, 3.8) is 0 Å². The molecular formula is C16H30N2S. The number of nitrogens with zero attached hydrogens (tertiary/aromatic N) is 1. The van der Waals surface area contributed by atoms with E-state index in [9.17, 15) is 0 Å². The summed E-state index contributed by atoms with van der Waals surface area (Å²) in [6, 6.07) is 0.757. The van der Waals surface area contributed by atoms with Crippen LogP contribution in [0.3, 0.4) is 0 Å². The van der Waals surface area contributed by atoms with E-state index in [2.05, 4.69) is 16.8 Å². The SMILES string of the molecule is C=CCSCCN1CCCNC(C2CCCCC2)C1. The summed E-state index contributed by atoms with van der Waals surface area (Å²) in [5, 5.41) is 3.82. The van der Waals surface area contributed by atoms with Crippen molar-refractivity contribution in [3.05, 3.63) is 12.7 Å². The Hall–Kier alpha value is 0.01000. The number of hydrogen-bond donors (Lipinski definition) is 1. The topological polar surface area (TPSA) is 15.3 Å². The number of rotatable bonds is 6. The van der Waals surface area contributed by atoms with Crippen LogP contribution in [0.5, 0.6) is 0 Å². The first-order valence-electron chi connectivity index (χ1n) is 8.04. The molecule has 1 N–H and O–H groups in total. The quantitative estimate of drug-likeness (QED) is 0.595. The molecule has 1 saturated heterocycles. The molecule has 0 aromatic heterocycles. The Bertz CT molecular complexity index is 251. The van der Waals surface area contributed by atoms with Gasteiger partial charge >= 0.3 is 0 Å². The van der Waals surface area contributed by atoms with E-state index in [4.69, 9.17) is 0 Å². The molecule has 1 heterocycles. The molecule has 0 aromatic rings. The highest BCUT2D eigenvalue weighted by Crippen LogP contribution is 2.27. The Morgan fingerprint density at radius 3 is 2.84 bits per heavy atom. The summed E-state index contributed by atoms with van der Waals surface area (Å²) >= 11 is 2.01. The van der Waals surface area contributed by atoms with Gasteiger partial charge in [0.15, 0.2) is 0 Å². The zero-order valence-corrected chi connectivity index (χ0v) is 13.1. The van der Waals surface area contributed by atoms with Gasteiger partial charge in [0.2, 0.25) is 0 Å². The van der Waals surface area contributed by atoms with Gasteiger partial charge in [0, 0.05) is 30.6 Å². The lowest BCUT2D eigenvalue weighted by Gasteiger charge is -2.32. The predicted octanol–water partition coefficient (Wildman–Crippen LogP) is 3.15. The van der Waals surface area contributed by atoms with Gasteiger partial charge in [0.05, 0.1) is 0 Å². The monoisotopic (exact) mass is 282 g/mol. The summed E-state index contributed by atoms with van der Waals surface area (Å²) in [6.07, 6.45) is 10.6. The van der Waals surface area contributed by atoms with Crippen LogP contribution in [-0.4, -0.2) is 48.6 Å². The van der Waals surface area contributed by atoms with Crippen molar-refractivity contribution in [2.75, 3.05) is 37.7 Å². The van der Waals surface area contributed by atoms with Crippen LogP contribution in [0.25, 0.3) is 0 Å². The van der Waals surface area contributed by atoms with Crippen LogP contribution in [0.15, 0.2) is 12.7 Å². The molecule has 0 amide bonds. The van der Waals surface area contributed by atoms with Crippen molar-refractivity contribution < 1.29 is 0 Å². The van der Waals surface area contributed by atoms with Gasteiger partial charge in [-0.15, -0.1) is 6.58 Å². The first kappa shape index (κ1) is 15.4. The van der Waals surface area contributed by atoms with Crippen molar-refractivity contribution in [3.8, 4) is 0 Å². The van der Waals surface area contributed by atoms with Gasteiger partial charge in [0.25, 0.3) is 0 Å². The fourth-order valence-corrected chi connectivity index (χ4v) is 4.16. The van der Waals surface area contributed by atoms with Crippen molar-refractivity contribution in [1.29, 1.82) is 0 Å².